The zero-order valence-electron chi connectivity index (χ0n) is 13.6. The summed E-state index contributed by atoms with van der Waals surface area (Å²) in [6, 6.07) is 4.25. The Morgan fingerprint density at radius 3 is 3.09 bits per heavy atom. The Balaban J connectivity index is 1.46. The van der Waals surface area contributed by atoms with Crippen LogP contribution in [0.5, 0.6) is 0 Å². The van der Waals surface area contributed by atoms with Gasteiger partial charge in [-0.3, -0.25) is 14.7 Å². The van der Waals surface area contributed by atoms with Crippen molar-refractivity contribution in [3.8, 4) is 0 Å². The number of rotatable bonds is 4. The molecule has 1 atom stereocenters. The standard InChI is InChI=1S/C17H26N4O2/c22-17(11-16-14-23-10-5-19-16)21-7-2-6-20(8-9-21)13-15-3-1-4-18-12-15/h1,3-4,12,16,19H,2,5-11,13-14H2/t16-/m1/s1. The largest absolute Gasteiger partial charge is 0.378 e. The lowest BCUT2D eigenvalue weighted by Gasteiger charge is -2.27. The summed E-state index contributed by atoms with van der Waals surface area (Å²) < 4.78 is 5.43. The van der Waals surface area contributed by atoms with Crippen LogP contribution in [0.4, 0.5) is 0 Å². The molecule has 1 aromatic rings. The third kappa shape index (κ3) is 4.99. The molecule has 2 aliphatic heterocycles. The van der Waals surface area contributed by atoms with Gasteiger partial charge in [-0.1, -0.05) is 6.07 Å². The van der Waals surface area contributed by atoms with Crippen LogP contribution in [0.25, 0.3) is 0 Å². The molecule has 1 N–H and O–H groups in total. The van der Waals surface area contributed by atoms with E-state index in [1.54, 1.807) is 6.20 Å². The molecule has 6 nitrogen and oxygen atoms in total. The number of hydrogen-bond acceptors (Lipinski definition) is 5. The number of carbonyl (C=O) groups is 1. The Bertz CT molecular complexity index is 491. The van der Waals surface area contributed by atoms with Crippen molar-refractivity contribution in [1.82, 2.24) is 20.1 Å². The molecule has 23 heavy (non-hydrogen) atoms. The van der Waals surface area contributed by atoms with E-state index in [1.807, 2.05) is 17.2 Å². The monoisotopic (exact) mass is 318 g/mol. The van der Waals surface area contributed by atoms with Gasteiger partial charge in [0.25, 0.3) is 0 Å². The van der Waals surface area contributed by atoms with Gasteiger partial charge in [-0.2, -0.15) is 0 Å². The van der Waals surface area contributed by atoms with E-state index in [0.29, 0.717) is 13.0 Å². The number of morpholine rings is 1. The van der Waals surface area contributed by atoms with Crippen LogP contribution >= 0.6 is 0 Å². The van der Waals surface area contributed by atoms with E-state index in [4.69, 9.17) is 4.74 Å². The third-order valence-electron chi connectivity index (χ3n) is 4.49. The lowest BCUT2D eigenvalue weighted by molar-refractivity contribution is -0.132. The molecule has 0 aromatic carbocycles. The second kappa shape index (κ2) is 8.38. The van der Waals surface area contributed by atoms with E-state index in [2.05, 4.69) is 21.3 Å². The second-order valence-electron chi connectivity index (χ2n) is 6.30. The lowest BCUT2D eigenvalue weighted by atomic mass is 10.1. The number of amides is 1. The van der Waals surface area contributed by atoms with Crippen molar-refractivity contribution in [2.75, 3.05) is 45.9 Å². The summed E-state index contributed by atoms with van der Waals surface area (Å²) >= 11 is 0. The molecule has 6 heteroatoms. The van der Waals surface area contributed by atoms with Crippen molar-refractivity contribution in [1.29, 1.82) is 0 Å². The molecule has 0 unspecified atom stereocenters. The second-order valence-corrected chi connectivity index (χ2v) is 6.30. The van der Waals surface area contributed by atoms with E-state index in [9.17, 15) is 4.79 Å². The number of nitrogens with one attached hydrogen (secondary N) is 1. The third-order valence-corrected chi connectivity index (χ3v) is 4.49. The SMILES string of the molecule is O=C(C[C@@H]1COCCN1)N1CCCN(Cc2cccnc2)CC1. The van der Waals surface area contributed by atoms with E-state index in [0.717, 1.165) is 52.3 Å². The van der Waals surface area contributed by atoms with Gasteiger partial charge < -0.3 is 15.0 Å². The molecule has 0 radical (unpaired) electrons. The molecule has 0 spiro atoms. The molecule has 0 aliphatic carbocycles. The number of pyridine rings is 1. The predicted molar refractivity (Wildman–Crippen MR) is 87.9 cm³/mol. The molecule has 3 rings (SSSR count). The quantitative estimate of drug-likeness (QED) is 0.876. The normalized spacial score (nSPS) is 23.5. The minimum atomic E-state index is 0.172. The summed E-state index contributed by atoms with van der Waals surface area (Å²) in [5.74, 6) is 0.247. The van der Waals surface area contributed by atoms with Gasteiger partial charge in [0.05, 0.1) is 13.2 Å². The van der Waals surface area contributed by atoms with Crippen molar-refractivity contribution in [2.24, 2.45) is 0 Å². The van der Waals surface area contributed by atoms with Crippen molar-refractivity contribution in [2.45, 2.75) is 25.4 Å². The topological polar surface area (TPSA) is 57.7 Å². The minimum absolute atomic E-state index is 0.172. The molecular formula is C17H26N4O2. The van der Waals surface area contributed by atoms with Gasteiger partial charge >= 0.3 is 0 Å². The van der Waals surface area contributed by atoms with Gasteiger partial charge in [0, 0.05) is 64.1 Å². The molecule has 1 amide bonds. The van der Waals surface area contributed by atoms with Crippen LogP contribution in [-0.4, -0.2) is 72.7 Å². The van der Waals surface area contributed by atoms with Gasteiger partial charge in [-0.15, -0.1) is 0 Å². The highest BCUT2D eigenvalue weighted by molar-refractivity contribution is 5.76. The fraction of sp³-hybridized carbons (Fsp3) is 0.647. The van der Waals surface area contributed by atoms with Crippen molar-refractivity contribution in [3.63, 3.8) is 0 Å². The van der Waals surface area contributed by atoms with Crippen molar-refractivity contribution < 1.29 is 9.53 Å². The summed E-state index contributed by atoms with van der Waals surface area (Å²) in [6.45, 7) is 6.77. The number of hydrogen-bond donors (Lipinski definition) is 1. The first kappa shape index (κ1) is 16.4. The summed E-state index contributed by atoms with van der Waals surface area (Å²) in [5.41, 5.74) is 1.23. The molecule has 3 heterocycles. The van der Waals surface area contributed by atoms with Crippen LogP contribution in [0, 0.1) is 0 Å². The summed E-state index contributed by atoms with van der Waals surface area (Å²) in [6.07, 6.45) is 5.29. The molecule has 126 valence electrons. The zero-order valence-corrected chi connectivity index (χ0v) is 13.6. The highest BCUT2D eigenvalue weighted by Gasteiger charge is 2.23. The van der Waals surface area contributed by atoms with E-state index in [-0.39, 0.29) is 11.9 Å². The number of carbonyl (C=O) groups excluding carboxylic acids is 1. The predicted octanol–water partition coefficient (Wildman–Crippen LogP) is 0.494. The van der Waals surface area contributed by atoms with E-state index >= 15 is 0 Å². The number of aromatic nitrogens is 1. The maximum Gasteiger partial charge on any atom is 0.224 e. The Kier molecular flexibility index (Phi) is 5.96. The van der Waals surface area contributed by atoms with Crippen LogP contribution in [0.1, 0.15) is 18.4 Å². The minimum Gasteiger partial charge on any atom is -0.378 e. The van der Waals surface area contributed by atoms with Crippen LogP contribution in [0.15, 0.2) is 24.5 Å². The molecular weight excluding hydrogens is 292 g/mol. The fourth-order valence-corrected chi connectivity index (χ4v) is 3.22. The average molecular weight is 318 g/mol. The molecule has 1 aromatic heterocycles. The molecule has 0 saturated carbocycles. The Morgan fingerprint density at radius 2 is 2.30 bits per heavy atom. The maximum absolute atomic E-state index is 12.5. The zero-order chi connectivity index (χ0) is 15.9. The van der Waals surface area contributed by atoms with Gasteiger partial charge in [-0.25, -0.2) is 0 Å². The molecule has 2 fully saturated rings. The van der Waals surface area contributed by atoms with Crippen molar-refractivity contribution >= 4 is 5.91 Å². The first-order valence-corrected chi connectivity index (χ1v) is 8.51. The van der Waals surface area contributed by atoms with Crippen LogP contribution < -0.4 is 5.32 Å². The first-order valence-electron chi connectivity index (χ1n) is 8.51. The Labute approximate surface area is 137 Å². The van der Waals surface area contributed by atoms with Crippen LogP contribution in [0.3, 0.4) is 0 Å². The lowest BCUT2D eigenvalue weighted by Crippen LogP contribution is -2.45. The Morgan fingerprint density at radius 1 is 1.35 bits per heavy atom. The van der Waals surface area contributed by atoms with Crippen molar-refractivity contribution in [3.05, 3.63) is 30.1 Å². The van der Waals surface area contributed by atoms with Crippen LogP contribution in [-0.2, 0) is 16.1 Å². The van der Waals surface area contributed by atoms with Gasteiger partial charge in [0.2, 0.25) is 5.91 Å². The maximum atomic E-state index is 12.5. The average Bonchev–Trinajstić information content (AvgIpc) is 2.82. The fourth-order valence-electron chi connectivity index (χ4n) is 3.22. The van der Waals surface area contributed by atoms with Gasteiger partial charge in [0.1, 0.15) is 0 Å². The molecule has 2 aliphatic rings. The van der Waals surface area contributed by atoms with Crippen LogP contribution in [0.2, 0.25) is 0 Å². The Hall–Kier alpha value is -1.50. The highest BCUT2D eigenvalue weighted by atomic mass is 16.5. The number of ether oxygens (including phenoxy) is 1. The van der Waals surface area contributed by atoms with Gasteiger partial charge in [-0.05, 0) is 18.1 Å². The first-order chi connectivity index (χ1) is 11.3. The highest BCUT2D eigenvalue weighted by Crippen LogP contribution is 2.10. The number of nitrogens with zero attached hydrogens (tertiary/aromatic N) is 3. The summed E-state index contributed by atoms with van der Waals surface area (Å²) in [4.78, 5) is 21.1. The van der Waals surface area contributed by atoms with E-state index < -0.39 is 0 Å². The summed E-state index contributed by atoms with van der Waals surface area (Å²) in [7, 11) is 0. The molecule has 0 bridgehead atoms. The van der Waals surface area contributed by atoms with Gasteiger partial charge in [0.15, 0.2) is 0 Å². The smallest absolute Gasteiger partial charge is 0.224 e. The van der Waals surface area contributed by atoms with E-state index in [1.165, 1.54) is 5.56 Å². The summed E-state index contributed by atoms with van der Waals surface area (Å²) in [5, 5.41) is 3.36. The molecule has 2 saturated heterocycles.